The first-order valence-corrected chi connectivity index (χ1v) is 15.3. The third kappa shape index (κ3) is 17.8. The molecule has 0 aromatic rings. The largest absolute Gasteiger partial charge is 0.481 e. The molecule has 1 amide bonds. The molecule has 10 nitrogen and oxygen atoms in total. The summed E-state index contributed by atoms with van der Waals surface area (Å²) in [6, 6.07) is -2.12. The fourth-order valence-electron chi connectivity index (χ4n) is 4.21. The van der Waals surface area contributed by atoms with Gasteiger partial charge in [-0.25, -0.2) is 17.5 Å². The zero-order chi connectivity index (χ0) is 28.1. The fourth-order valence-corrected chi connectivity index (χ4v) is 5.93. The minimum atomic E-state index is -4.43. The average Bonchev–Trinajstić information content (AvgIpc) is 2.81. The minimum absolute atomic E-state index is 0.0671. The Balaban J connectivity index is 4.36. The number of rotatable bonds is 25. The van der Waals surface area contributed by atoms with Crippen LogP contribution in [0.25, 0.3) is 0 Å². The van der Waals surface area contributed by atoms with Crippen molar-refractivity contribution in [1.82, 2.24) is 4.31 Å². The smallest absolute Gasteiger partial charge is 0.328 e. The van der Waals surface area contributed by atoms with E-state index >= 15 is 0 Å². The number of aliphatic carboxylic acids is 3. The van der Waals surface area contributed by atoms with E-state index in [1.165, 1.54) is 64.2 Å². The van der Waals surface area contributed by atoms with Gasteiger partial charge in [-0.2, -0.15) is 0 Å². The highest BCUT2D eigenvalue weighted by Gasteiger charge is 2.39. The van der Waals surface area contributed by atoms with Gasteiger partial charge in [0.1, 0.15) is 0 Å². The van der Waals surface area contributed by atoms with Gasteiger partial charge in [-0.1, -0.05) is 103 Å². The van der Waals surface area contributed by atoms with E-state index in [0.717, 1.165) is 25.7 Å². The van der Waals surface area contributed by atoms with E-state index in [1.54, 1.807) is 0 Å². The maximum atomic E-state index is 12.8. The van der Waals surface area contributed by atoms with Crippen LogP contribution in [0.1, 0.15) is 129 Å². The molecule has 0 bridgehead atoms. The standard InChI is InChI=1S/C26H47NO9S/c1-2-3-4-5-6-7-8-9-10-11-12-13-14-15-16-17-20-37(35,36)27(23(28)18-19-24(29)30)22(26(33)34)21-25(31)32/h22H,2-21H2,1H3,(H,29,30)(H,31,32)(H,33,34). The second-order valence-corrected chi connectivity index (χ2v) is 11.6. The number of amides is 1. The second kappa shape index (κ2) is 20.8. The molecule has 0 aromatic carbocycles. The Morgan fingerprint density at radius 1 is 0.622 bits per heavy atom. The van der Waals surface area contributed by atoms with Crippen molar-refractivity contribution in [2.45, 2.75) is 135 Å². The number of hydrogen-bond acceptors (Lipinski definition) is 6. The van der Waals surface area contributed by atoms with E-state index in [1.807, 2.05) is 0 Å². The second-order valence-electron chi connectivity index (χ2n) is 9.65. The molecular weight excluding hydrogens is 502 g/mol. The third-order valence-electron chi connectivity index (χ3n) is 6.29. The zero-order valence-electron chi connectivity index (χ0n) is 22.4. The Bertz CT molecular complexity index is 783. The van der Waals surface area contributed by atoms with Crippen LogP contribution >= 0.6 is 0 Å². The summed E-state index contributed by atoms with van der Waals surface area (Å²) in [4.78, 5) is 45.8. The maximum absolute atomic E-state index is 12.8. The van der Waals surface area contributed by atoms with Crippen LogP contribution in [0.2, 0.25) is 0 Å². The lowest BCUT2D eigenvalue weighted by atomic mass is 10.0. The molecule has 1 unspecified atom stereocenters. The lowest BCUT2D eigenvalue weighted by molar-refractivity contribution is -0.151. The van der Waals surface area contributed by atoms with Crippen molar-refractivity contribution in [2.75, 3.05) is 5.75 Å². The number of carboxylic acids is 3. The molecule has 37 heavy (non-hydrogen) atoms. The van der Waals surface area contributed by atoms with Gasteiger partial charge >= 0.3 is 17.9 Å². The van der Waals surface area contributed by atoms with E-state index in [0.29, 0.717) is 6.42 Å². The molecule has 0 aliphatic heterocycles. The summed E-state index contributed by atoms with van der Waals surface area (Å²) in [6.45, 7) is 2.22. The van der Waals surface area contributed by atoms with E-state index < -0.39 is 64.9 Å². The average molecular weight is 550 g/mol. The molecule has 1 atom stereocenters. The van der Waals surface area contributed by atoms with E-state index in [-0.39, 0.29) is 10.7 Å². The fraction of sp³-hybridized carbons (Fsp3) is 0.846. The molecule has 216 valence electrons. The van der Waals surface area contributed by atoms with Crippen LogP contribution in [0.4, 0.5) is 0 Å². The highest BCUT2D eigenvalue weighted by atomic mass is 32.2. The van der Waals surface area contributed by atoms with Crippen molar-refractivity contribution < 1.29 is 42.9 Å². The first-order valence-electron chi connectivity index (χ1n) is 13.7. The maximum Gasteiger partial charge on any atom is 0.328 e. The highest BCUT2D eigenvalue weighted by Crippen LogP contribution is 2.18. The van der Waals surface area contributed by atoms with Crippen molar-refractivity contribution in [2.24, 2.45) is 0 Å². The quantitative estimate of drug-likeness (QED) is 0.130. The first-order chi connectivity index (χ1) is 17.5. The van der Waals surface area contributed by atoms with Crippen LogP contribution in [0.3, 0.4) is 0 Å². The van der Waals surface area contributed by atoms with Gasteiger partial charge in [0.2, 0.25) is 15.9 Å². The predicted molar refractivity (Wildman–Crippen MR) is 141 cm³/mol. The van der Waals surface area contributed by atoms with Crippen molar-refractivity contribution in [1.29, 1.82) is 0 Å². The topological polar surface area (TPSA) is 166 Å². The lowest BCUT2D eigenvalue weighted by Gasteiger charge is -2.27. The monoisotopic (exact) mass is 549 g/mol. The Morgan fingerprint density at radius 2 is 1.03 bits per heavy atom. The van der Waals surface area contributed by atoms with Gasteiger partial charge in [-0.3, -0.25) is 14.4 Å². The molecule has 0 radical (unpaired) electrons. The van der Waals surface area contributed by atoms with Gasteiger partial charge < -0.3 is 15.3 Å². The molecule has 11 heteroatoms. The predicted octanol–water partition coefficient (Wildman–Crippen LogP) is 5.20. The Morgan fingerprint density at radius 3 is 1.38 bits per heavy atom. The van der Waals surface area contributed by atoms with Crippen LogP contribution in [0.5, 0.6) is 0 Å². The van der Waals surface area contributed by atoms with Crippen LogP contribution in [-0.4, -0.2) is 63.7 Å². The van der Waals surface area contributed by atoms with Gasteiger partial charge in [0.15, 0.2) is 6.04 Å². The normalized spacial score (nSPS) is 12.2. The van der Waals surface area contributed by atoms with Crippen LogP contribution in [-0.2, 0) is 29.2 Å². The molecule has 0 saturated heterocycles. The summed E-state index contributed by atoms with van der Waals surface area (Å²) in [7, 11) is -4.43. The number of carbonyl (C=O) groups is 4. The number of sulfonamides is 1. The SMILES string of the molecule is CCCCCCCCCCCCCCCCCCS(=O)(=O)N(C(=O)CCC(=O)O)C(CC(=O)O)C(=O)O. The molecule has 0 aromatic heterocycles. The summed E-state index contributed by atoms with van der Waals surface area (Å²) in [5.41, 5.74) is 0. The van der Waals surface area contributed by atoms with Crippen LogP contribution in [0.15, 0.2) is 0 Å². The Labute approximate surface area is 221 Å². The van der Waals surface area contributed by atoms with Crippen LogP contribution in [0, 0.1) is 0 Å². The Hall–Kier alpha value is -2.17. The van der Waals surface area contributed by atoms with Gasteiger partial charge in [-0.15, -0.1) is 0 Å². The van der Waals surface area contributed by atoms with Gasteiger partial charge in [-0.05, 0) is 6.42 Å². The molecule has 0 rings (SSSR count). The van der Waals surface area contributed by atoms with Crippen LogP contribution < -0.4 is 0 Å². The number of hydrogen-bond donors (Lipinski definition) is 3. The summed E-state index contributed by atoms with van der Waals surface area (Å²) in [6.07, 6.45) is 15.1. The van der Waals surface area contributed by atoms with Gasteiger partial charge in [0.25, 0.3) is 0 Å². The molecule has 0 spiro atoms. The third-order valence-corrected chi connectivity index (χ3v) is 8.15. The Kier molecular flexibility index (Phi) is 19.6. The summed E-state index contributed by atoms with van der Waals surface area (Å²) in [5, 5.41) is 27.1. The lowest BCUT2D eigenvalue weighted by Crippen LogP contribution is -2.50. The zero-order valence-corrected chi connectivity index (χ0v) is 23.2. The molecule has 0 aliphatic carbocycles. The molecule has 3 N–H and O–H groups in total. The van der Waals surface area contributed by atoms with E-state index in [2.05, 4.69) is 6.92 Å². The minimum Gasteiger partial charge on any atom is -0.481 e. The molecule has 0 heterocycles. The molecular formula is C26H47NO9S. The molecule has 0 fully saturated rings. The number of carbonyl (C=O) groups excluding carboxylic acids is 1. The van der Waals surface area contributed by atoms with Gasteiger partial charge in [0.05, 0.1) is 18.6 Å². The number of nitrogens with zero attached hydrogens (tertiary/aromatic N) is 1. The molecule has 0 saturated carbocycles. The number of carboxylic acid groups (broad SMARTS) is 3. The number of unbranched alkanes of at least 4 members (excludes halogenated alkanes) is 15. The first kappa shape index (κ1) is 34.8. The summed E-state index contributed by atoms with van der Waals surface area (Å²) < 4.78 is 25.7. The molecule has 0 aliphatic rings. The van der Waals surface area contributed by atoms with Crippen molar-refractivity contribution in [3.05, 3.63) is 0 Å². The van der Waals surface area contributed by atoms with E-state index in [4.69, 9.17) is 10.2 Å². The van der Waals surface area contributed by atoms with Crippen molar-refractivity contribution >= 4 is 33.8 Å². The highest BCUT2D eigenvalue weighted by molar-refractivity contribution is 7.89. The summed E-state index contributed by atoms with van der Waals surface area (Å²) >= 11 is 0. The van der Waals surface area contributed by atoms with E-state index in [9.17, 15) is 32.7 Å². The van der Waals surface area contributed by atoms with Gasteiger partial charge in [0, 0.05) is 6.42 Å². The van der Waals surface area contributed by atoms with Crippen molar-refractivity contribution in [3.8, 4) is 0 Å². The summed E-state index contributed by atoms with van der Waals surface area (Å²) in [5.74, 6) is -6.45. The van der Waals surface area contributed by atoms with Crippen molar-refractivity contribution in [3.63, 3.8) is 0 Å².